The fourth-order valence-electron chi connectivity index (χ4n) is 3.23. The van der Waals surface area contributed by atoms with Gasteiger partial charge in [-0.2, -0.15) is 4.98 Å². The minimum Gasteiger partial charge on any atom is -0.439 e. The van der Waals surface area contributed by atoms with E-state index in [2.05, 4.69) is 20.3 Å². The van der Waals surface area contributed by atoms with Crippen LogP contribution in [-0.2, 0) is 0 Å². The van der Waals surface area contributed by atoms with Gasteiger partial charge in [-0.15, -0.1) is 0 Å². The number of fused-ring (bicyclic) bond motifs is 1. The topological polar surface area (TPSA) is 90.9 Å². The molecule has 0 saturated carbocycles. The van der Waals surface area contributed by atoms with Crippen molar-refractivity contribution in [3.63, 3.8) is 0 Å². The Morgan fingerprint density at radius 1 is 0.935 bits per heavy atom. The van der Waals surface area contributed by atoms with Crippen LogP contribution in [0.25, 0.3) is 16.7 Å². The molecule has 0 aliphatic carbocycles. The van der Waals surface area contributed by atoms with E-state index in [4.69, 9.17) is 10.5 Å². The van der Waals surface area contributed by atoms with Crippen LogP contribution in [0, 0.1) is 5.82 Å². The molecule has 3 aromatic heterocycles. The van der Waals surface area contributed by atoms with Gasteiger partial charge in [-0.25, -0.2) is 14.4 Å². The van der Waals surface area contributed by atoms with Crippen molar-refractivity contribution in [2.75, 3.05) is 11.1 Å². The molecule has 0 bridgehead atoms. The highest BCUT2D eigenvalue weighted by Gasteiger charge is 2.08. The monoisotopic (exact) mass is 412 g/mol. The maximum atomic E-state index is 13.6. The highest BCUT2D eigenvalue weighted by Crippen LogP contribution is 2.27. The van der Waals surface area contributed by atoms with Gasteiger partial charge in [0.1, 0.15) is 17.4 Å². The Morgan fingerprint density at radius 2 is 1.84 bits per heavy atom. The molecule has 0 saturated heterocycles. The molecule has 0 aliphatic rings. The van der Waals surface area contributed by atoms with E-state index in [-0.39, 0.29) is 5.82 Å². The number of pyridine rings is 1. The van der Waals surface area contributed by atoms with Gasteiger partial charge in [0.25, 0.3) is 0 Å². The summed E-state index contributed by atoms with van der Waals surface area (Å²) in [5.74, 6) is 1.58. The normalized spacial score (nSPS) is 10.9. The summed E-state index contributed by atoms with van der Waals surface area (Å²) < 4.78 is 21.3. The molecule has 31 heavy (non-hydrogen) atoms. The van der Waals surface area contributed by atoms with E-state index < -0.39 is 0 Å². The first kappa shape index (κ1) is 18.6. The number of ether oxygens (including phenoxy) is 1. The lowest BCUT2D eigenvalue weighted by Crippen LogP contribution is -1.99. The van der Waals surface area contributed by atoms with Gasteiger partial charge in [0.2, 0.25) is 11.8 Å². The average Bonchev–Trinajstić information content (AvgIpc) is 3.17. The smallest absolute Gasteiger partial charge is 0.230 e. The molecule has 0 fully saturated rings. The summed E-state index contributed by atoms with van der Waals surface area (Å²) in [5.41, 5.74) is 8.12. The van der Waals surface area contributed by atoms with E-state index in [0.29, 0.717) is 29.1 Å². The summed E-state index contributed by atoms with van der Waals surface area (Å²) in [6.07, 6.45) is 4.90. The highest BCUT2D eigenvalue weighted by atomic mass is 19.1. The second-order valence-corrected chi connectivity index (χ2v) is 6.81. The Morgan fingerprint density at radius 3 is 2.71 bits per heavy atom. The van der Waals surface area contributed by atoms with Crippen molar-refractivity contribution in [2.24, 2.45) is 0 Å². The Hall–Kier alpha value is -4.46. The number of halogens is 1. The molecule has 8 heteroatoms. The predicted octanol–water partition coefficient (Wildman–Crippen LogP) is 5.07. The molecule has 2 aromatic carbocycles. The molecule has 0 radical (unpaired) electrons. The van der Waals surface area contributed by atoms with Crippen LogP contribution in [0.4, 0.5) is 21.7 Å². The molecule has 5 rings (SSSR count). The van der Waals surface area contributed by atoms with Crippen LogP contribution in [0.3, 0.4) is 0 Å². The van der Waals surface area contributed by atoms with Gasteiger partial charge in [-0.05, 0) is 48.5 Å². The van der Waals surface area contributed by atoms with Gasteiger partial charge in [0.05, 0.1) is 5.52 Å². The first-order chi connectivity index (χ1) is 15.1. The van der Waals surface area contributed by atoms with E-state index in [1.54, 1.807) is 24.4 Å². The summed E-state index contributed by atoms with van der Waals surface area (Å²) >= 11 is 0. The number of nitrogens with zero attached hydrogens (tertiary/aromatic N) is 4. The minimum absolute atomic E-state index is 0.335. The lowest BCUT2D eigenvalue weighted by atomic mass is 10.2. The molecule has 0 unspecified atom stereocenters. The minimum atomic E-state index is -0.335. The quantitative estimate of drug-likeness (QED) is 0.392. The SMILES string of the molecule is Nc1cccc(Nc2nccc(Oc3ccc4c(ccn4-c4cc(F)ccn4)c3)n2)c1. The fourth-order valence-corrected chi connectivity index (χ4v) is 3.23. The van der Waals surface area contributed by atoms with E-state index in [1.165, 1.54) is 18.3 Å². The van der Waals surface area contributed by atoms with E-state index in [0.717, 1.165) is 16.6 Å². The van der Waals surface area contributed by atoms with Crippen molar-refractivity contribution in [3.05, 3.63) is 91.1 Å². The zero-order valence-corrected chi connectivity index (χ0v) is 16.2. The number of benzene rings is 2. The first-order valence-corrected chi connectivity index (χ1v) is 9.50. The van der Waals surface area contributed by atoms with Crippen LogP contribution in [0.1, 0.15) is 0 Å². The van der Waals surface area contributed by atoms with Crippen LogP contribution in [-0.4, -0.2) is 19.5 Å². The fraction of sp³-hybridized carbons (Fsp3) is 0. The average molecular weight is 412 g/mol. The third kappa shape index (κ3) is 3.99. The lowest BCUT2D eigenvalue weighted by molar-refractivity contribution is 0.463. The predicted molar refractivity (Wildman–Crippen MR) is 117 cm³/mol. The van der Waals surface area contributed by atoms with Gasteiger partial charge < -0.3 is 20.4 Å². The number of nitrogens with two attached hydrogens (primary N) is 1. The summed E-state index contributed by atoms with van der Waals surface area (Å²) in [4.78, 5) is 12.8. The molecule has 0 spiro atoms. The van der Waals surface area contributed by atoms with E-state index in [1.807, 2.05) is 47.2 Å². The number of aromatic nitrogens is 4. The molecule has 152 valence electrons. The standard InChI is InChI=1S/C23H17FN6O/c24-16-6-9-26-21(13-16)30-11-8-15-12-19(4-5-20(15)30)31-22-7-10-27-23(29-22)28-18-3-1-2-17(25)14-18/h1-14H,25H2,(H,27,28,29). The van der Waals surface area contributed by atoms with E-state index in [9.17, 15) is 4.39 Å². The maximum absolute atomic E-state index is 13.6. The molecule has 0 aliphatic heterocycles. The van der Waals surface area contributed by atoms with Crippen LogP contribution in [0.15, 0.2) is 85.3 Å². The summed E-state index contributed by atoms with van der Waals surface area (Å²) in [5, 5.41) is 4.03. The third-order valence-corrected chi connectivity index (χ3v) is 4.61. The van der Waals surface area contributed by atoms with Crippen LogP contribution in [0.5, 0.6) is 11.6 Å². The second kappa shape index (κ2) is 7.75. The number of anilines is 3. The molecule has 5 aromatic rings. The summed E-state index contributed by atoms with van der Waals surface area (Å²) in [6.45, 7) is 0. The van der Waals surface area contributed by atoms with Gasteiger partial charge in [-0.1, -0.05) is 6.07 Å². The van der Waals surface area contributed by atoms with Crippen molar-refractivity contribution >= 4 is 28.2 Å². The van der Waals surface area contributed by atoms with Crippen molar-refractivity contribution in [3.8, 4) is 17.4 Å². The van der Waals surface area contributed by atoms with Crippen molar-refractivity contribution in [1.29, 1.82) is 0 Å². The number of hydrogen-bond acceptors (Lipinski definition) is 6. The van der Waals surface area contributed by atoms with Crippen molar-refractivity contribution in [1.82, 2.24) is 19.5 Å². The largest absolute Gasteiger partial charge is 0.439 e. The molecule has 3 heterocycles. The molecule has 0 atom stereocenters. The second-order valence-electron chi connectivity index (χ2n) is 6.81. The Balaban J connectivity index is 1.38. The molecular formula is C23H17FN6O. The molecule has 3 N–H and O–H groups in total. The Bertz CT molecular complexity index is 1380. The van der Waals surface area contributed by atoms with Crippen LogP contribution >= 0.6 is 0 Å². The third-order valence-electron chi connectivity index (χ3n) is 4.61. The van der Waals surface area contributed by atoms with Gasteiger partial charge in [-0.3, -0.25) is 0 Å². The van der Waals surface area contributed by atoms with Gasteiger partial charge in [0.15, 0.2) is 0 Å². The highest BCUT2D eigenvalue weighted by molar-refractivity contribution is 5.83. The summed E-state index contributed by atoms with van der Waals surface area (Å²) in [6, 6.07) is 19.2. The van der Waals surface area contributed by atoms with Crippen molar-refractivity contribution in [2.45, 2.75) is 0 Å². The van der Waals surface area contributed by atoms with Crippen LogP contribution in [0.2, 0.25) is 0 Å². The maximum Gasteiger partial charge on any atom is 0.230 e. The first-order valence-electron chi connectivity index (χ1n) is 9.50. The van der Waals surface area contributed by atoms with Crippen molar-refractivity contribution < 1.29 is 9.13 Å². The van der Waals surface area contributed by atoms with E-state index >= 15 is 0 Å². The summed E-state index contributed by atoms with van der Waals surface area (Å²) in [7, 11) is 0. The number of hydrogen-bond donors (Lipinski definition) is 2. The van der Waals surface area contributed by atoms with Gasteiger partial charge >= 0.3 is 0 Å². The number of nitrogens with one attached hydrogen (secondary N) is 1. The number of rotatable bonds is 5. The van der Waals surface area contributed by atoms with Crippen LogP contribution < -0.4 is 15.8 Å². The number of nitrogen functional groups attached to an aromatic ring is 1. The lowest BCUT2D eigenvalue weighted by Gasteiger charge is -2.09. The zero-order chi connectivity index (χ0) is 21.2. The Labute approximate surface area is 177 Å². The van der Waals surface area contributed by atoms with Gasteiger partial charge in [0, 0.05) is 47.5 Å². The Kier molecular flexibility index (Phi) is 4.64. The zero-order valence-electron chi connectivity index (χ0n) is 16.2. The molecular weight excluding hydrogens is 395 g/mol. The molecule has 7 nitrogen and oxygen atoms in total. The molecule has 0 amide bonds.